The molecule has 0 saturated carbocycles. The Bertz CT molecular complexity index is 56.1. The van der Waals surface area contributed by atoms with E-state index < -0.39 is 14.6 Å². The van der Waals surface area contributed by atoms with Crippen molar-refractivity contribution in [1.82, 2.24) is 5.64 Å². The van der Waals surface area contributed by atoms with Crippen molar-refractivity contribution in [2.45, 2.75) is 0 Å². The average molecular weight is 137 g/mol. The van der Waals surface area contributed by atoms with Gasteiger partial charge >= 0.3 is 14.6 Å². The summed E-state index contributed by atoms with van der Waals surface area (Å²) in [5.41, 5.74) is 1.38. The topological polar surface area (TPSA) is 111 Å². The molecule has 0 unspecified atom stereocenters. The summed E-state index contributed by atoms with van der Waals surface area (Å²) in [7, 11) is -4.13. The number of hydrogen-bond donors (Lipinski definition) is 5. The molecule has 9 heavy (non-hydrogen) atoms. The monoisotopic (exact) mass is 137 g/mol. The van der Waals surface area contributed by atoms with Crippen molar-refractivity contribution >= 4 is 14.6 Å². The lowest BCUT2D eigenvalue weighted by atomic mass is 10.3. The Kier molecular flexibility index (Phi) is 4.62. The van der Waals surface area contributed by atoms with E-state index in [-0.39, 0.29) is 0 Å². The average Bonchev–Trinajstić information content (AvgIpc) is 1.63. The van der Waals surface area contributed by atoms with Gasteiger partial charge < -0.3 is 20.1 Å². The molecule has 5 N–H and O–H groups in total. The van der Waals surface area contributed by atoms with Gasteiger partial charge in [-0.1, -0.05) is 0 Å². The molecule has 0 aromatic carbocycles. The third-order valence-corrected chi connectivity index (χ3v) is 0.307. The van der Waals surface area contributed by atoms with Crippen LogP contribution in [0.25, 0.3) is 0 Å². The smallest absolute Gasteiger partial charge is 0.401 e. The van der Waals surface area contributed by atoms with Crippen LogP contribution in [0.5, 0.6) is 0 Å². The van der Waals surface area contributed by atoms with Crippen LogP contribution in [0.15, 0.2) is 0 Å². The predicted octanol–water partition coefficient (Wildman–Crippen LogP) is -3.62. The molecule has 0 heterocycles. The zero-order chi connectivity index (χ0) is 7.28. The fourth-order valence-corrected chi connectivity index (χ4v) is 0.114. The standard InChI is InChI=1S/B2H5NO6/c4-1(5)8-3-9-2(6)7/h3-7H. The van der Waals surface area contributed by atoms with Gasteiger partial charge in [0.05, 0.1) is 0 Å². The summed E-state index contributed by atoms with van der Waals surface area (Å²) in [6.45, 7) is 0. The molecule has 0 aliphatic carbocycles. The van der Waals surface area contributed by atoms with Crippen LogP contribution in [0.1, 0.15) is 0 Å². The van der Waals surface area contributed by atoms with Crippen molar-refractivity contribution in [1.29, 1.82) is 0 Å². The van der Waals surface area contributed by atoms with E-state index in [2.05, 4.69) is 9.51 Å². The fourth-order valence-electron chi connectivity index (χ4n) is 0.114. The van der Waals surface area contributed by atoms with E-state index in [4.69, 9.17) is 20.1 Å². The molecule has 0 rings (SSSR count). The lowest BCUT2D eigenvalue weighted by Gasteiger charge is -2.02. The van der Waals surface area contributed by atoms with E-state index in [9.17, 15) is 0 Å². The lowest BCUT2D eigenvalue weighted by molar-refractivity contribution is -0.0777. The molecular weight excluding hydrogens is 132 g/mol. The minimum Gasteiger partial charge on any atom is -0.401 e. The van der Waals surface area contributed by atoms with Crippen LogP contribution >= 0.6 is 0 Å². The molecule has 0 aromatic rings. The molecule has 0 radical (unpaired) electrons. The second-order valence-electron chi connectivity index (χ2n) is 0.972. The molecule has 0 saturated heterocycles. The van der Waals surface area contributed by atoms with Gasteiger partial charge in [-0.3, -0.25) is 9.51 Å². The second-order valence-corrected chi connectivity index (χ2v) is 0.972. The van der Waals surface area contributed by atoms with Crippen LogP contribution in [0.2, 0.25) is 0 Å². The zero-order valence-corrected chi connectivity index (χ0v) is 4.26. The third-order valence-electron chi connectivity index (χ3n) is 0.307. The van der Waals surface area contributed by atoms with Gasteiger partial charge in [0, 0.05) is 0 Å². The van der Waals surface area contributed by atoms with Crippen molar-refractivity contribution in [3.63, 3.8) is 0 Å². The van der Waals surface area contributed by atoms with Crippen molar-refractivity contribution < 1.29 is 29.6 Å². The molecule has 0 atom stereocenters. The molecular formula is H5B2NO6. The zero-order valence-electron chi connectivity index (χ0n) is 4.26. The van der Waals surface area contributed by atoms with Gasteiger partial charge in [-0.25, -0.2) is 0 Å². The first kappa shape index (κ1) is 8.85. The minimum atomic E-state index is -2.07. The predicted molar refractivity (Wildman–Crippen MR) is 25.7 cm³/mol. The Morgan fingerprint density at radius 2 is 1.22 bits per heavy atom. The van der Waals surface area contributed by atoms with Crippen molar-refractivity contribution in [3.8, 4) is 0 Å². The largest absolute Gasteiger partial charge is 0.653 e. The first-order chi connectivity index (χ1) is 4.13. The molecule has 0 spiro atoms. The molecule has 0 aliphatic rings. The van der Waals surface area contributed by atoms with E-state index in [0.717, 1.165) is 0 Å². The fraction of sp³-hybridized carbons (Fsp3) is 0. The van der Waals surface area contributed by atoms with Gasteiger partial charge in [0.1, 0.15) is 0 Å². The summed E-state index contributed by atoms with van der Waals surface area (Å²) in [4.78, 5) is 0. The highest BCUT2D eigenvalue weighted by Crippen LogP contribution is 1.70. The van der Waals surface area contributed by atoms with Crippen LogP contribution < -0.4 is 5.64 Å². The number of rotatable bonds is 4. The molecule has 7 nitrogen and oxygen atoms in total. The lowest BCUT2D eigenvalue weighted by Crippen LogP contribution is -2.33. The summed E-state index contributed by atoms with van der Waals surface area (Å²) in [6.07, 6.45) is 0. The van der Waals surface area contributed by atoms with E-state index in [0.29, 0.717) is 0 Å². The summed E-state index contributed by atoms with van der Waals surface area (Å²) in [5, 5.41) is 31.6. The van der Waals surface area contributed by atoms with Crippen LogP contribution in [0, 0.1) is 0 Å². The minimum absolute atomic E-state index is 1.38. The highest BCUT2D eigenvalue weighted by molar-refractivity contribution is 6.33. The van der Waals surface area contributed by atoms with Gasteiger partial charge in [0.2, 0.25) is 0 Å². The summed E-state index contributed by atoms with van der Waals surface area (Å²) < 4.78 is 7.34. The Labute approximate surface area is 51.1 Å². The third kappa shape index (κ3) is 7.85. The van der Waals surface area contributed by atoms with Crippen LogP contribution in [0.3, 0.4) is 0 Å². The maximum Gasteiger partial charge on any atom is 0.653 e. The van der Waals surface area contributed by atoms with E-state index in [1.807, 2.05) is 0 Å². The van der Waals surface area contributed by atoms with Crippen LogP contribution in [-0.4, -0.2) is 34.7 Å². The maximum atomic E-state index is 7.89. The molecule has 0 aromatic heterocycles. The Balaban J connectivity index is 2.91. The van der Waals surface area contributed by atoms with Crippen LogP contribution in [-0.2, 0) is 9.51 Å². The Morgan fingerprint density at radius 3 is 1.44 bits per heavy atom. The normalized spacial score (nSPS) is 9.33. The van der Waals surface area contributed by atoms with Gasteiger partial charge in [-0.05, 0) is 0 Å². The maximum absolute atomic E-state index is 7.89. The summed E-state index contributed by atoms with van der Waals surface area (Å²) in [6, 6.07) is 0. The van der Waals surface area contributed by atoms with Gasteiger partial charge in [0.15, 0.2) is 0 Å². The number of hydrogen-bond acceptors (Lipinski definition) is 7. The second kappa shape index (κ2) is 4.70. The SMILES string of the molecule is OB(O)ONOB(O)O. The van der Waals surface area contributed by atoms with E-state index in [1.54, 1.807) is 0 Å². The summed E-state index contributed by atoms with van der Waals surface area (Å²) >= 11 is 0. The van der Waals surface area contributed by atoms with Crippen LogP contribution in [0.4, 0.5) is 0 Å². The van der Waals surface area contributed by atoms with Gasteiger partial charge in [0.25, 0.3) is 0 Å². The van der Waals surface area contributed by atoms with Gasteiger partial charge in [-0.15, -0.1) is 5.64 Å². The van der Waals surface area contributed by atoms with E-state index >= 15 is 0 Å². The molecule has 0 bridgehead atoms. The van der Waals surface area contributed by atoms with Crippen molar-refractivity contribution in [3.05, 3.63) is 0 Å². The van der Waals surface area contributed by atoms with E-state index in [1.165, 1.54) is 5.64 Å². The first-order valence-electron chi connectivity index (χ1n) is 1.91. The summed E-state index contributed by atoms with van der Waals surface area (Å²) in [5.74, 6) is 0. The quantitative estimate of drug-likeness (QED) is 0.200. The molecule has 9 heteroatoms. The van der Waals surface area contributed by atoms with Crippen molar-refractivity contribution in [2.24, 2.45) is 0 Å². The first-order valence-corrected chi connectivity index (χ1v) is 1.91. The highest BCUT2D eigenvalue weighted by atomic mass is 16.9. The molecule has 0 amide bonds. The molecule has 0 aliphatic heterocycles. The molecule has 52 valence electrons. The Morgan fingerprint density at radius 1 is 0.889 bits per heavy atom. The molecule has 0 fully saturated rings. The number of nitrogens with one attached hydrogen (secondary N) is 1. The Hall–Kier alpha value is -0.150. The van der Waals surface area contributed by atoms with Crippen molar-refractivity contribution in [2.75, 3.05) is 0 Å². The van der Waals surface area contributed by atoms with Gasteiger partial charge in [-0.2, -0.15) is 0 Å². The highest BCUT2D eigenvalue weighted by Gasteiger charge is 2.12.